The van der Waals surface area contributed by atoms with Crippen molar-refractivity contribution in [2.24, 2.45) is 0 Å². The van der Waals surface area contributed by atoms with Gasteiger partial charge in [0.05, 0.1) is 11.9 Å². The van der Waals surface area contributed by atoms with Gasteiger partial charge in [0, 0.05) is 13.1 Å². The van der Waals surface area contributed by atoms with Gasteiger partial charge in [-0.15, -0.1) is 0 Å². The number of aromatic nitrogens is 1. The lowest BCUT2D eigenvalue weighted by Gasteiger charge is -2.15. The van der Waals surface area contributed by atoms with Gasteiger partial charge in [-0.2, -0.15) is 0 Å². The molecule has 5 nitrogen and oxygen atoms in total. The molecule has 15 heavy (non-hydrogen) atoms. The van der Waals surface area contributed by atoms with Gasteiger partial charge in [-0.05, 0) is 18.6 Å². The molecule has 1 aromatic heterocycles. The molecule has 1 aliphatic heterocycles. The van der Waals surface area contributed by atoms with Crippen LogP contribution in [-0.2, 0) is 0 Å². The molecule has 0 spiro atoms. The number of pyridine rings is 1. The monoisotopic (exact) mass is 226 g/mol. The van der Waals surface area contributed by atoms with Crippen molar-refractivity contribution in [1.29, 1.82) is 0 Å². The van der Waals surface area contributed by atoms with Gasteiger partial charge in [-0.1, -0.05) is 11.6 Å². The quantitative estimate of drug-likeness (QED) is 0.714. The number of anilines is 1. The summed E-state index contributed by atoms with van der Waals surface area (Å²) < 4.78 is 0. The number of urea groups is 1. The van der Waals surface area contributed by atoms with E-state index in [0.717, 1.165) is 19.5 Å². The van der Waals surface area contributed by atoms with Crippen molar-refractivity contribution < 1.29 is 4.79 Å². The average molecular weight is 227 g/mol. The molecule has 1 aliphatic rings. The fraction of sp³-hybridized carbons (Fsp3) is 0.333. The fourth-order valence-electron chi connectivity index (χ4n) is 1.34. The van der Waals surface area contributed by atoms with Gasteiger partial charge in [0.2, 0.25) is 0 Å². The van der Waals surface area contributed by atoms with Crippen molar-refractivity contribution >= 4 is 23.3 Å². The van der Waals surface area contributed by atoms with Crippen LogP contribution < -0.4 is 10.7 Å². The summed E-state index contributed by atoms with van der Waals surface area (Å²) in [6.45, 7) is 1.57. The van der Waals surface area contributed by atoms with Crippen molar-refractivity contribution in [3.8, 4) is 0 Å². The van der Waals surface area contributed by atoms with E-state index in [9.17, 15) is 4.79 Å². The Morgan fingerprint density at radius 3 is 3.07 bits per heavy atom. The Labute approximate surface area is 92.4 Å². The lowest BCUT2D eigenvalue weighted by Crippen LogP contribution is -2.39. The maximum absolute atomic E-state index is 11.6. The third kappa shape index (κ3) is 2.57. The summed E-state index contributed by atoms with van der Waals surface area (Å²) in [6.07, 6.45) is 2.50. The number of halogens is 1. The SMILES string of the molecule is O=C(Nc1ccc(Cl)nc1)N1CCCN1. The third-order valence-electron chi connectivity index (χ3n) is 2.08. The van der Waals surface area contributed by atoms with Gasteiger partial charge >= 0.3 is 6.03 Å². The van der Waals surface area contributed by atoms with Crippen LogP contribution in [0.15, 0.2) is 18.3 Å². The maximum atomic E-state index is 11.6. The topological polar surface area (TPSA) is 57.3 Å². The zero-order valence-electron chi connectivity index (χ0n) is 8.03. The van der Waals surface area contributed by atoms with Gasteiger partial charge in [0.25, 0.3) is 0 Å². The van der Waals surface area contributed by atoms with Crippen LogP contribution in [0.3, 0.4) is 0 Å². The minimum Gasteiger partial charge on any atom is -0.305 e. The van der Waals surface area contributed by atoms with E-state index in [0.29, 0.717) is 10.8 Å². The lowest BCUT2D eigenvalue weighted by atomic mass is 10.4. The molecule has 1 saturated heterocycles. The Morgan fingerprint density at radius 1 is 1.60 bits per heavy atom. The summed E-state index contributed by atoms with van der Waals surface area (Å²) in [5, 5.41) is 4.67. The number of nitrogens with zero attached hydrogens (tertiary/aromatic N) is 2. The fourth-order valence-corrected chi connectivity index (χ4v) is 1.46. The molecular formula is C9H11ClN4O. The number of nitrogens with one attached hydrogen (secondary N) is 2. The van der Waals surface area contributed by atoms with Crippen molar-refractivity contribution in [3.63, 3.8) is 0 Å². The van der Waals surface area contributed by atoms with Crippen LogP contribution in [0.25, 0.3) is 0 Å². The number of hydrogen-bond acceptors (Lipinski definition) is 3. The number of amides is 2. The summed E-state index contributed by atoms with van der Waals surface area (Å²) in [4.78, 5) is 15.5. The molecule has 1 fully saturated rings. The Bertz CT molecular complexity index is 348. The molecule has 2 heterocycles. The largest absolute Gasteiger partial charge is 0.336 e. The zero-order valence-corrected chi connectivity index (χ0v) is 8.79. The number of carbonyl (C=O) groups excluding carboxylic acids is 1. The minimum atomic E-state index is -0.170. The Hall–Kier alpha value is -1.33. The summed E-state index contributed by atoms with van der Waals surface area (Å²) in [7, 11) is 0. The van der Waals surface area contributed by atoms with Crippen molar-refractivity contribution in [2.75, 3.05) is 18.4 Å². The maximum Gasteiger partial charge on any atom is 0.336 e. The number of carbonyl (C=O) groups is 1. The molecule has 0 bridgehead atoms. The van der Waals surface area contributed by atoms with Crippen LogP contribution in [-0.4, -0.2) is 29.1 Å². The van der Waals surface area contributed by atoms with Gasteiger partial charge in [-0.3, -0.25) is 5.01 Å². The smallest absolute Gasteiger partial charge is 0.305 e. The highest BCUT2D eigenvalue weighted by Crippen LogP contribution is 2.10. The van der Waals surface area contributed by atoms with Crippen LogP contribution in [0, 0.1) is 0 Å². The third-order valence-corrected chi connectivity index (χ3v) is 2.31. The number of hydrazine groups is 1. The Morgan fingerprint density at radius 2 is 2.47 bits per heavy atom. The summed E-state index contributed by atoms with van der Waals surface area (Å²) in [5.41, 5.74) is 3.60. The second-order valence-electron chi connectivity index (χ2n) is 3.21. The Balaban J connectivity index is 1.96. The molecule has 0 aromatic carbocycles. The lowest BCUT2D eigenvalue weighted by molar-refractivity contribution is 0.205. The standard InChI is InChI=1S/C9H11ClN4O/c10-8-3-2-7(6-11-8)13-9(15)14-5-1-4-12-14/h2-3,6,12H,1,4-5H2,(H,13,15). The highest BCUT2D eigenvalue weighted by Gasteiger charge is 2.17. The first-order valence-electron chi connectivity index (χ1n) is 4.69. The average Bonchev–Trinajstić information content (AvgIpc) is 2.74. The van der Waals surface area contributed by atoms with Gasteiger partial charge in [-0.25, -0.2) is 15.2 Å². The van der Waals surface area contributed by atoms with E-state index in [1.165, 1.54) is 6.20 Å². The first-order chi connectivity index (χ1) is 7.25. The van der Waals surface area contributed by atoms with Crippen LogP contribution >= 0.6 is 11.6 Å². The number of rotatable bonds is 1. The van der Waals surface area contributed by atoms with Crippen molar-refractivity contribution in [2.45, 2.75) is 6.42 Å². The molecular weight excluding hydrogens is 216 g/mol. The second kappa shape index (κ2) is 4.46. The normalized spacial score (nSPS) is 15.4. The molecule has 80 valence electrons. The number of hydrogen-bond donors (Lipinski definition) is 2. The van der Waals surface area contributed by atoms with E-state index in [-0.39, 0.29) is 6.03 Å². The Kier molecular flexibility index (Phi) is 3.03. The summed E-state index contributed by atoms with van der Waals surface area (Å²) >= 11 is 5.63. The van der Waals surface area contributed by atoms with Crippen LogP contribution in [0.1, 0.15) is 6.42 Å². The van der Waals surface area contributed by atoms with Crippen molar-refractivity contribution in [1.82, 2.24) is 15.4 Å². The summed E-state index contributed by atoms with van der Waals surface area (Å²) in [6, 6.07) is 3.18. The molecule has 2 amide bonds. The van der Waals surface area contributed by atoms with E-state index in [2.05, 4.69) is 15.7 Å². The first-order valence-corrected chi connectivity index (χ1v) is 5.07. The first kappa shape index (κ1) is 10.2. The van der Waals surface area contributed by atoms with E-state index < -0.39 is 0 Å². The molecule has 0 aliphatic carbocycles. The molecule has 0 unspecified atom stereocenters. The molecule has 0 atom stereocenters. The molecule has 6 heteroatoms. The van der Waals surface area contributed by atoms with E-state index in [1.54, 1.807) is 17.1 Å². The highest BCUT2D eigenvalue weighted by atomic mass is 35.5. The van der Waals surface area contributed by atoms with E-state index in [4.69, 9.17) is 11.6 Å². The van der Waals surface area contributed by atoms with Gasteiger partial charge < -0.3 is 5.32 Å². The van der Waals surface area contributed by atoms with Crippen LogP contribution in [0.4, 0.5) is 10.5 Å². The van der Waals surface area contributed by atoms with Crippen molar-refractivity contribution in [3.05, 3.63) is 23.5 Å². The van der Waals surface area contributed by atoms with E-state index in [1.807, 2.05) is 0 Å². The summed E-state index contributed by atoms with van der Waals surface area (Å²) in [5.74, 6) is 0. The highest BCUT2D eigenvalue weighted by molar-refractivity contribution is 6.29. The van der Waals surface area contributed by atoms with Gasteiger partial charge in [0.1, 0.15) is 5.15 Å². The molecule has 1 aromatic rings. The molecule has 0 saturated carbocycles. The minimum absolute atomic E-state index is 0.170. The second-order valence-corrected chi connectivity index (χ2v) is 3.60. The predicted molar refractivity (Wildman–Crippen MR) is 57.6 cm³/mol. The molecule has 2 rings (SSSR count). The van der Waals surface area contributed by atoms with Gasteiger partial charge in [0.15, 0.2) is 0 Å². The zero-order chi connectivity index (χ0) is 10.7. The van der Waals surface area contributed by atoms with Crippen LogP contribution in [0.5, 0.6) is 0 Å². The van der Waals surface area contributed by atoms with Crippen LogP contribution in [0.2, 0.25) is 5.15 Å². The molecule has 2 N–H and O–H groups in total. The predicted octanol–water partition coefficient (Wildman–Crippen LogP) is 1.48. The van der Waals surface area contributed by atoms with E-state index >= 15 is 0 Å². The molecule has 0 radical (unpaired) electrons.